The van der Waals surface area contributed by atoms with Crippen LogP contribution in [0, 0.1) is 34.5 Å². The van der Waals surface area contributed by atoms with E-state index in [1.807, 2.05) is 0 Å². The molecule has 3 nitrogen and oxygen atoms in total. The van der Waals surface area contributed by atoms with Crippen LogP contribution in [0.5, 0.6) is 0 Å². The molecule has 0 saturated heterocycles. The minimum atomic E-state index is -0.288. The normalized spacial score (nSPS) is 43.1. The Bertz CT molecular complexity index is 650. The second kappa shape index (κ2) is 7.04. The van der Waals surface area contributed by atoms with Crippen molar-refractivity contribution < 1.29 is 14.3 Å². The highest BCUT2D eigenvalue weighted by molar-refractivity contribution is 5.82. The van der Waals surface area contributed by atoms with Crippen LogP contribution in [-0.2, 0) is 14.3 Å². The first-order valence-corrected chi connectivity index (χ1v) is 11.2. The van der Waals surface area contributed by atoms with Crippen LogP contribution < -0.4 is 0 Å². The predicted molar refractivity (Wildman–Crippen MR) is 106 cm³/mol. The molecule has 3 fully saturated rings. The van der Waals surface area contributed by atoms with E-state index >= 15 is 0 Å². The molecule has 0 spiro atoms. The maximum absolute atomic E-state index is 12.9. The van der Waals surface area contributed by atoms with Crippen LogP contribution in [0.4, 0.5) is 0 Å². The van der Waals surface area contributed by atoms with E-state index in [9.17, 15) is 9.59 Å². The van der Waals surface area contributed by atoms with Crippen molar-refractivity contribution in [1.29, 1.82) is 0 Å². The Morgan fingerprint density at radius 2 is 1.93 bits per heavy atom. The number of ether oxygens (including phenoxy) is 1. The van der Waals surface area contributed by atoms with Crippen LogP contribution in [0.3, 0.4) is 0 Å². The summed E-state index contributed by atoms with van der Waals surface area (Å²) in [5.41, 5.74) is 2.34. The number of ketones is 1. The molecule has 0 aromatic carbocycles. The molecule has 0 radical (unpaired) electrons. The molecule has 0 N–H and O–H groups in total. The third-order valence-electron chi connectivity index (χ3n) is 9.06. The van der Waals surface area contributed by atoms with Gasteiger partial charge in [-0.15, -0.1) is 0 Å². The monoisotopic (exact) mass is 372 g/mol. The molecule has 4 aliphatic carbocycles. The lowest BCUT2D eigenvalue weighted by molar-refractivity contribution is -0.142. The van der Waals surface area contributed by atoms with Crippen LogP contribution in [0.2, 0.25) is 0 Å². The van der Waals surface area contributed by atoms with Crippen LogP contribution >= 0.6 is 0 Å². The van der Waals surface area contributed by atoms with Crippen LogP contribution in [-0.4, -0.2) is 18.4 Å². The molecule has 0 aromatic rings. The molecule has 0 heterocycles. The second-order valence-electron chi connectivity index (χ2n) is 10.2. The van der Waals surface area contributed by atoms with Crippen LogP contribution in [0.15, 0.2) is 11.6 Å². The highest BCUT2D eigenvalue weighted by Crippen LogP contribution is 2.66. The lowest BCUT2D eigenvalue weighted by Crippen LogP contribution is -2.50. The van der Waals surface area contributed by atoms with Crippen molar-refractivity contribution >= 4 is 11.8 Å². The van der Waals surface area contributed by atoms with E-state index < -0.39 is 0 Å². The minimum absolute atomic E-state index is 0.158. The fourth-order valence-electron chi connectivity index (χ4n) is 7.70. The average molecular weight is 373 g/mol. The van der Waals surface area contributed by atoms with Gasteiger partial charge < -0.3 is 4.74 Å². The van der Waals surface area contributed by atoms with Gasteiger partial charge >= 0.3 is 5.97 Å². The van der Waals surface area contributed by atoms with Crippen molar-refractivity contribution in [3.05, 3.63) is 11.6 Å². The van der Waals surface area contributed by atoms with Gasteiger partial charge in [0.15, 0.2) is 0 Å². The molecule has 150 valence electrons. The molecule has 3 saturated carbocycles. The molecule has 6 atom stereocenters. The Balaban J connectivity index is 1.50. The quantitative estimate of drug-likeness (QED) is 0.485. The van der Waals surface area contributed by atoms with Gasteiger partial charge in [-0.2, -0.15) is 0 Å². The highest BCUT2D eigenvalue weighted by atomic mass is 16.5. The number of carbonyl (C=O) groups is 2. The topological polar surface area (TPSA) is 43.4 Å². The van der Waals surface area contributed by atoms with E-state index in [0.717, 1.165) is 18.3 Å². The number of hydrogen-bond donors (Lipinski definition) is 0. The van der Waals surface area contributed by atoms with Gasteiger partial charge in [0.1, 0.15) is 5.78 Å². The molecule has 0 aromatic heterocycles. The van der Waals surface area contributed by atoms with E-state index in [-0.39, 0.29) is 23.9 Å². The molecule has 4 rings (SSSR count). The third-order valence-corrected chi connectivity index (χ3v) is 9.06. The Kier molecular flexibility index (Phi) is 5.01. The van der Waals surface area contributed by atoms with Crippen molar-refractivity contribution in [2.75, 3.05) is 6.61 Å². The molecule has 4 aliphatic rings. The molecule has 0 aliphatic heterocycles. The molecule has 3 heteroatoms. The van der Waals surface area contributed by atoms with Crippen molar-refractivity contribution in [2.45, 2.75) is 85.0 Å². The summed E-state index contributed by atoms with van der Waals surface area (Å²) in [5, 5.41) is 0. The summed E-state index contributed by atoms with van der Waals surface area (Å²) in [5.74, 6) is 2.49. The van der Waals surface area contributed by atoms with Gasteiger partial charge in [-0.25, -0.2) is 0 Å². The van der Waals surface area contributed by atoms with Gasteiger partial charge in [-0.3, -0.25) is 9.59 Å². The molecular weight excluding hydrogens is 336 g/mol. The van der Waals surface area contributed by atoms with Gasteiger partial charge in [-0.1, -0.05) is 31.9 Å². The average Bonchev–Trinajstić information content (AvgIpc) is 2.98. The van der Waals surface area contributed by atoms with E-state index in [0.29, 0.717) is 23.5 Å². The minimum Gasteiger partial charge on any atom is -0.465 e. The summed E-state index contributed by atoms with van der Waals surface area (Å²) in [6, 6.07) is 0. The summed E-state index contributed by atoms with van der Waals surface area (Å²) >= 11 is 0. The number of esters is 1. The maximum atomic E-state index is 12.9. The number of carbonyl (C=O) groups excluding carboxylic acids is 2. The largest absolute Gasteiger partial charge is 0.465 e. The summed E-state index contributed by atoms with van der Waals surface area (Å²) < 4.78 is 5.03. The standard InChI is InChI=1S/C24H36O3/c1-16(25)27-15-12-22(26)21-10-9-19-18-8-7-17-6-4-5-13-23(17,2)20(18)11-14-24(19,21)3/h7,18-21H,4-6,8-15H2,1-3H3/t18-,19-,20-,21+,23-,24-/m0/s1. The summed E-state index contributed by atoms with van der Waals surface area (Å²) in [7, 11) is 0. The summed E-state index contributed by atoms with van der Waals surface area (Å²) in [6.07, 6.45) is 14.4. The number of allylic oxidation sites excluding steroid dienone is 2. The SMILES string of the molecule is CC(=O)OCCC(=O)[C@H]1CC[C@H]2[C@@H]3CC=C4CCCC[C@]4(C)[C@H]3CC[C@]12C. The molecule has 0 amide bonds. The number of hydrogen-bond acceptors (Lipinski definition) is 3. The zero-order valence-electron chi connectivity index (χ0n) is 17.4. The van der Waals surface area contributed by atoms with Gasteiger partial charge in [-0.05, 0) is 80.0 Å². The van der Waals surface area contributed by atoms with Crippen molar-refractivity contribution in [2.24, 2.45) is 34.5 Å². The smallest absolute Gasteiger partial charge is 0.302 e. The third kappa shape index (κ3) is 3.09. The first-order valence-electron chi connectivity index (χ1n) is 11.2. The van der Waals surface area contributed by atoms with E-state index in [1.165, 1.54) is 58.3 Å². The fraction of sp³-hybridized carbons (Fsp3) is 0.833. The molecular formula is C24H36O3. The van der Waals surface area contributed by atoms with Gasteiger partial charge in [0.05, 0.1) is 6.61 Å². The lowest BCUT2D eigenvalue weighted by Gasteiger charge is -2.57. The lowest BCUT2D eigenvalue weighted by atomic mass is 9.47. The van der Waals surface area contributed by atoms with Crippen molar-refractivity contribution in [3.8, 4) is 0 Å². The first-order chi connectivity index (χ1) is 12.9. The summed E-state index contributed by atoms with van der Waals surface area (Å²) in [4.78, 5) is 23.9. The Labute approximate surface area is 164 Å². The first kappa shape index (κ1) is 19.2. The molecule has 27 heavy (non-hydrogen) atoms. The van der Waals surface area contributed by atoms with Gasteiger partial charge in [0.2, 0.25) is 0 Å². The number of fused-ring (bicyclic) bond motifs is 5. The Hall–Kier alpha value is -1.12. The van der Waals surface area contributed by atoms with Gasteiger partial charge in [0.25, 0.3) is 0 Å². The van der Waals surface area contributed by atoms with Gasteiger partial charge in [0, 0.05) is 19.3 Å². The number of rotatable bonds is 4. The molecule has 0 bridgehead atoms. The summed E-state index contributed by atoms with van der Waals surface area (Å²) in [6.45, 7) is 6.61. The maximum Gasteiger partial charge on any atom is 0.302 e. The highest BCUT2D eigenvalue weighted by Gasteiger charge is 2.59. The Morgan fingerprint density at radius 1 is 1.11 bits per heavy atom. The van der Waals surface area contributed by atoms with E-state index in [2.05, 4.69) is 19.9 Å². The van der Waals surface area contributed by atoms with E-state index in [1.54, 1.807) is 5.57 Å². The molecule has 0 unspecified atom stereocenters. The Morgan fingerprint density at radius 3 is 2.70 bits per heavy atom. The van der Waals surface area contributed by atoms with Crippen LogP contribution in [0.25, 0.3) is 0 Å². The second-order valence-corrected chi connectivity index (χ2v) is 10.2. The predicted octanol–water partition coefficient (Wildman–Crippen LogP) is 5.48. The zero-order valence-corrected chi connectivity index (χ0v) is 17.4. The van der Waals surface area contributed by atoms with Crippen molar-refractivity contribution in [1.82, 2.24) is 0 Å². The van der Waals surface area contributed by atoms with Crippen LogP contribution in [0.1, 0.15) is 85.0 Å². The zero-order chi connectivity index (χ0) is 19.2. The van der Waals surface area contributed by atoms with E-state index in [4.69, 9.17) is 4.74 Å². The fourth-order valence-corrected chi connectivity index (χ4v) is 7.70. The number of Topliss-reactive ketones (excluding diaryl/α,β-unsaturated/α-hetero) is 1. The van der Waals surface area contributed by atoms with Crippen molar-refractivity contribution in [3.63, 3.8) is 0 Å².